The van der Waals surface area contributed by atoms with E-state index in [1.54, 1.807) is 12.1 Å². The summed E-state index contributed by atoms with van der Waals surface area (Å²) in [5.74, 6) is -0.300. The molecule has 76 valence electrons. The van der Waals surface area contributed by atoms with Gasteiger partial charge in [-0.3, -0.25) is 0 Å². The number of carboxylic acid groups (broad SMARTS) is 1. The standard InChI is InChI=1S/C11H13ClO2/c1-8-4-2-5-10(11(13)14)9(8)6-3-7-12/h2,4-5H,3,6-7H2,1H3,(H,13,14). The molecule has 0 atom stereocenters. The zero-order chi connectivity index (χ0) is 10.6. The van der Waals surface area contributed by atoms with E-state index >= 15 is 0 Å². The van der Waals surface area contributed by atoms with Crippen molar-refractivity contribution in [3.8, 4) is 0 Å². The van der Waals surface area contributed by atoms with Crippen molar-refractivity contribution in [1.82, 2.24) is 0 Å². The molecule has 0 spiro atoms. The summed E-state index contributed by atoms with van der Waals surface area (Å²) in [5, 5.41) is 8.96. The average molecular weight is 213 g/mol. The van der Waals surface area contributed by atoms with E-state index in [1.165, 1.54) is 0 Å². The van der Waals surface area contributed by atoms with Crippen LogP contribution in [0.1, 0.15) is 27.9 Å². The van der Waals surface area contributed by atoms with E-state index in [0.29, 0.717) is 11.4 Å². The lowest BCUT2D eigenvalue weighted by Crippen LogP contribution is -2.04. The Morgan fingerprint density at radius 2 is 2.21 bits per heavy atom. The minimum atomic E-state index is -0.863. The fourth-order valence-electron chi connectivity index (χ4n) is 1.48. The van der Waals surface area contributed by atoms with E-state index in [1.807, 2.05) is 13.0 Å². The largest absolute Gasteiger partial charge is 0.478 e. The zero-order valence-electron chi connectivity index (χ0n) is 8.09. The summed E-state index contributed by atoms with van der Waals surface area (Å²) >= 11 is 5.59. The Balaban J connectivity index is 3.02. The first kappa shape index (κ1) is 11.1. The van der Waals surface area contributed by atoms with Gasteiger partial charge in [0, 0.05) is 5.88 Å². The molecule has 1 N–H and O–H groups in total. The predicted molar refractivity (Wildman–Crippen MR) is 57.2 cm³/mol. The lowest BCUT2D eigenvalue weighted by atomic mass is 9.98. The molecule has 1 aromatic carbocycles. The molecule has 0 aliphatic heterocycles. The number of hydrogen-bond donors (Lipinski definition) is 1. The fourth-order valence-corrected chi connectivity index (χ4v) is 1.61. The van der Waals surface area contributed by atoms with Gasteiger partial charge in [0.25, 0.3) is 0 Å². The average Bonchev–Trinajstić information content (AvgIpc) is 2.15. The normalized spacial score (nSPS) is 10.1. The van der Waals surface area contributed by atoms with Crippen LogP contribution in [0.5, 0.6) is 0 Å². The molecule has 1 aromatic rings. The van der Waals surface area contributed by atoms with Crippen LogP contribution in [-0.2, 0) is 6.42 Å². The molecule has 0 bridgehead atoms. The fraction of sp³-hybridized carbons (Fsp3) is 0.364. The minimum absolute atomic E-state index is 0.398. The molecule has 0 unspecified atom stereocenters. The summed E-state index contributed by atoms with van der Waals surface area (Å²) in [6, 6.07) is 5.33. The smallest absolute Gasteiger partial charge is 0.335 e. The Morgan fingerprint density at radius 3 is 2.79 bits per heavy atom. The number of hydrogen-bond acceptors (Lipinski definition) is 1. The van der Waals surface area contributed by atoms with Crippen LogP contribution in [-0.4, -0.2) is 17.0 Å². The second kappa shape index (κ2) is 5.01. The molecule has 0 radical (unpaired) electrons. The van der Waals surface area contributed by atoms with Crippen LogP contribution in [0.2, 0.25) is 0 Å². The van der Waals surface area contributed by atoms with Crippen molar-refractivity contribution in [2.75, 3.05) is 5.88 Å². The van der Waals surface area contributed by atoms with Gasteiger partial charge in [0.1, 0.15) is 0 Å². The number of aromatic carboxylic acids is 1. The molecule has 0 heterocycles. The quantitative estimate of drug-likeness (QED) is 0.780. The third-order valence-corrected chi connectivity index (χ3v) is 2.47. The SMILES string of the molecule is Cc1cccc(C(=O)O)c1CCCCl. The zero-order valence-corrected chi connectivity index (χ0v) is 8.84. The summed E-state index contributed by atoms with van der Waals surface area (Å²) in [5.41, 5.74) is 2.32. The topological polar surface area (TPSA) is 37.3 Å². The first-order valence-corrected chi connectivity index (χ1v) is 5.08. The highest BCUT2D eigenvalue weighted by molar-refractivity contribution is 6.17. The summed E-state index contributed by atoms with van der Waals surface area (Å²) in [6.45, 7) is 1.93. The van der Waals surface area contributed by atoms with E-state index in [4.69, 9.17) is 16.7 Å². The van der Waals surface area contributed by atoms with Crippen molar-refractivity contribution >= 4 is 17.6 Å². The Labute approximate surface area is 88.5 Å². The van der Waals surface area contributed by atoms with E-state index in [-0.39, 0.29) is 0 Å². The van der Waals surface area contributed by atoms with Crippen LogP contribution >= 0.6 is 11.6 Å². The van der Waals surface area contributed by atoms with Crippen LogP contribution in [0.4, 0.5) is 0 Å². The third kappa shape index (κ3) is 2.48. The molecule has 1 rings (SSSR count). The molecule has 0 aliphatic rings. The van der Waals surface area contributed by atoms with Crippen molar-refractivity contribution in [2.24, 2.45) is 0 Å². The van der Waals surface area contributed by atoms with E-state index in [2.05, 4.69) is 0 Å². The van der Waals surface area contributed by atoms with Crippen LogP contribution in [0.15, 0.2) is 18.2 Å². The molecule has 0 saturated carbocycles. The molecule has 0 aromatic heterocycles. The van der Waals surface area contributed by atoms with Gasteiger partial charge < -0.3 is 5.11 Å². The summed E-state index contributed by atoms with van der Waals surface area (Å²) in [7, 11) is 0. The molecule has 14 heavy (non-hydrogen) atoms. The van der Waals surface area contributed by atoms with Crippen LogP contribution in [0, 0.1) is 6.92 Å². The second-order valence-corrected chi connectivity index (χ2v) is 3.58. The van der Waals surface area contributed by atoms with Crippen molar-refractivity contribution in [3.05, 3.63) is 34.9 Å². The molecule has 0 saturated heterocycles. The van der Waals surface area contributed by atoms with Crippen molar-refractivity contribution in [3.63, 3.8) is 0 Å². The highest BCUT2D eigenvalue weighted by Gasteiger charge is 2.10. The summed E-state index contributed by atoms with van der Waals surface area (Å²) in [4.78, 5) is 10.9. The van der Waals surface area contributed by atoms with Gasteiger partial charge in [-0.15, -0.1) is 11.6 Å². The van der Waals surface area contributed by atoms with Crippen molar-refractivity contribution in [1.29, 1.82) is 0 Å². The van der Waals surface area contributed by atoms with Gasteiger partial charge in [-0.2, -0.15) is 0 Å². The molecule has 0 amide bonds. The number of halogens is 1. The Hall–Kier alpha value is -1.02. The molecule has 2 nitrogen and oxygen atoms in total. The number of alkyl halides is 1. The predicted octanol–water partition coefficient (Wildman–Crippen LogP) is 2.86. The van der Waals surface area contributed by atoms with Gasteiger partial charge in [0.2, 0.25) is 0 Å². The maximum absolute atomic E-state index is 10.9. The van der Waals surface area contributed by atoms with Gasteiger partial charge >= 0.3 is 5.97 Å². The lowest BCUT2D eigenvalue weighted by molar-refractivity contribution is 0.0695. The van der Waals surface area contributed by atoms with Gasteiger partial charge in [-0.05, 0) is 37.0 Å². The van der Waals surface area contributed by atoms with Crippen molar-refractivity contribution in [2.45, 2.75) is 19.8 Å². The minimum Gasteiger partial charge on any atom is -0.478 e. The number of carboxylic acids is 1. The number of aryl methyl sites for hydroxylation is 1. The van der Waals surface area contributed by atoms with Gasteiger partial charge in [0.15, 0.2) is 0 Å². The highest BCUT2D eigenvalue weighted by Crippen LogP contribution is 2.16. The highest BCUT2D eigenvalue weighted by atomic mass is 35.5. The first-order chi connectivity index (χ1) is 6.66. The van der Waals surface area contributed by atoms with Crippen LogP contribution in [0.25, 0.3) is 0 Å². The summed E-state index contributed by atoms with van der Waals surface area (Å²) < 4.78 is 0. The number of rotatable bonds is 4. The van der Waals surface area contributed by atoms with Gasteiger partial charge in [-0.1, -0.05) is 12.1 Å². The van der Waals surface area contributed by atoms with E-state index < -0.39 is 5.97 Å². The molecule has 0 fully saturated rings. The number of carbonyl (C=O) groups is 1. The maximum Gasteiger partial charge on any atom is 0.335 e. The van der Waals surface area contributed by atoms with Gasteiger partial charge in [0.05, 0.1) is 5.56 Å². The first-order valence-electron chi connectivity index (χ1n) is 4.54. The number of benzene rings is 1. The van der Waals surface area contributed by atoms with E-state index in [0.717, 1.165) is 24.0 Å². The second-order valence-electron chi connectivity index (χ2n) is 3.20. The van der Waals surface area contributed by atoms with Crippen molar-refractivity contribution < 1.29 is 9.90 Å². The van der Waals surface area contributed by atoms with Gasteiger partial charge in [-0.25, -0.2) is 4.79 Å². The monoisotopic (exact) mass is 212 g/mol. The molecular weight excluding hydrogens is 200 g/mol. The van der Waals surface area contributed by atoms with Crippen LogP contribution < -0.4 is 0 Å². The third-order valence-electron chi connectivity index (χ3n) is 2.20. The van der Waals surface area contributed by atoms with Crippen LogP contribution in [0.3, 0.4) is 0 Å². The Bertz CT molecular complexity index is 334. The maximum atomic E-state index is 10.9. The lowest BCUT2D eigenvalue weighted by Gasteiger charge is -2.08. The molecule has 3 heteroatoms. The Kier molecular flexibility index (Phi) is 3.96. The summed E-state index contributed by atoms with van der Waals surface area (Å²) in [6.07, 6.45) is 1.55. The Morgan fingerprint density at radius 1 is 1.50 bits per heavy atom. The molecular formula is C11H13ClO2. The molecule has 0 aliphatic carbocycles. The van der Waals surface area contributed by atoms with E-state index in [9.17, 15) is 4.79 Å².